The van der Waals surface area contributed by atoms with Gasteiger partial charge in [0, 0.05) is 29.9 Å². The molecule has 1 aliphatic carbocycles. The minimum absolute atomic E-state index is 0.00392. The standard InChI is InChI=1S/C35H26F2N4O3/c1-19-5-6-21(33(42)41-35(15-16-35)28-14-12-25-26(40-28)4-3-17-39-25)18-24(19)23-11-13-27-29(31(23)37)30(34(43)38-2)32(44-27)20-7-9-22(36)10-8-20/h3-14,17-18H,15-16H2,1-2H3,(H,38,43)(H,41,42). The third-order valence-corrected chi connectivity index (χ3v) is 8.19. The highest BCUT2D eigenvalue weighted by molar-refractivity contribution is 6.12. The number of aromatic nitrogens is 2. The molecule has 0 saturated heterocycles. The molecular formula is C35H26F2N4O3. The van der Waals surface area contributed by atoms with Crippen LogP contribution < -0.4 is 10.6 Å². The largest absolute Gasteiger partial charge is 0.455 e. The Morgan fingerprint density at radius 2 is 1.68 bits per heavy atom. The maximum Gasteiger partial charge on any atom is 0.255 e. The monoisotopic (exact) mass is 588 g/mol. The predicted molar refractivity (Wildman–Crippen MR) is 163 cm³/mol. The molecule has 0 atom stereocenters. The van der Waals surface area contributed by atoms with Gasteiger partial charge in [-0.25, -0.2) is 13.8 Å². The zero-order chi connectivity index (χ0) is 30.6. The van der Waals surface area contributed by atoms with Crippen molar-refractivity contribution < 1.29 is 22.8 Å². The van der Waals surface area contributed by atoms with Crippen molar-refractivity contribution >= 4 is 33.8 Å². The Balaban J connectivity index is 1.27. The second kappa shape index (κ2) is 10.4. The van der Waals surface area contributed by atoms with Gasteiger partial charge in [0.05, 0.1) is 33.2 Å². The van der Waals surface area contributed by atoms with Gasteiger partial charge in [0.25, 0.3) is 11.8 Å². The molecule has 44 heavy (non-hydrogen) atoms. The van der Waals surface area contributed by atoms with Crippen LogP contribution in [0.2, 0.25) is 0 Å². The summed E-state index contributed by atoms with van der Waals surface area (Å²) in [6.07, 6.45) is 3.21. The van der Waals surface area contributed by atoms with Gasteiger partial charge >= 0.3 is 0 Å². The van der Waals surface area contributed by atoms with Crippen molar-refractivity contribution in [2.75, 3.05) is 7.05 Å². The molecule has 1 fully saturated rings. The fourth-order valence-electron chi connectivity index (χ4n) is 5.64. The zero-order valence-corrected chi connectivity index (χ0v) is 23.9. The molecule has 0 aliphatic heterocycles. The number of carbonyl (C=O) groups excluding carboxylic acids is 2. The smallest absolute Gasteiger partial charge is 0.255 e. The highest BCUT2D eigenvalue weighted by Crippen LogP contribution is 2.45. The fraction of sp³-hybridized carbons (Fsp3) is 0.143. The van der Waals surface area contributed by atoms with Crippen LogP contribution in [0.1, 0.15) is 44.8 Å². The van der Waals surface area contributed by atoms with Gasteiger partial charge in [0.1, 0.15) is 23.0 Å². The van der Waals surface area contributed by atoms with E-state index < -0.39 is 23.1 Å². The molecule has 3 aromatic heterocycles. The average Bonchev–Trinajstić information content (AvgIpc) is 3.72. The molecule has 7 rings (SSSR count). The lowest BCUT2D eigenvalue weighted by Gasteiger charge is -2.18. The Bertz CT molecular complexity index is 2120. The van der Waals surface area contributed by atoms with Crippen LogP contribution in [0.3, 0.4) is 0 Å². The molecule has 1 aliphatic rings. The molecule has 9 heteroatoms. The number of nitrogens with one attached hydrogen (secondary N) is 2. The summed E-state index contributed by atoms with van der Waals surface area (Å²) in [5, 5.41) is 5.71. The number of hydrogen-bond acceptors (Lipinski definition) is 5. The Morgan fingerprint density at radius 3 is 2.43 bits per heavy atom. The highest BCUT2D eigenvalue weighted by Gasteiger charge is 2.47. The van der Waals surface area contributed by atoms with E-state index in [-0.39, 0.29) is 33.8 Å². The number of fused-ring (bicyclic) bond motifs is 2. The van der Waals surface area contributed by atoms with Crippen molar-refractivity contribution in [2.45, 2.75) is 25.3 Å². The number of pyridine rings is 2. The third kappa shape index (κ3) is 4.57. The molecule has 2 N–H and O–H groups in total. The van der Waals surface area contributed by atoms with Crippen molar-refractivity contribution in [3.05, 3.63) is 119 Å². The number of benzene rings is 3. The normalized spacial score (nSPS) is 13.6. The molecule has 0 bridgehead atoms. The summed E-state index contributed by atoms with van der Waals surface area (Å²) < 4.78 is 36.0. The number of hydrogen-bond donors (Lipinski definition) is 2. The van der Waals surface area contributed by atoms with Crippen LogP contribution in [-0.2, 0) is 5.54 Å². The van der Waals surface area contributed by atoms with Crippen molar-refractivity contribution in [2.24, 2.45) is 0 Å². The van der Waals surface area contributed by atoms with Gasteiger partial charge in [-0.3, -0.25) is 14.6 Å². The average molecular weight is 589 g/mol. The first-order valence-electron chi connectivity index (χ1n) is 14.2. The number of aryl methyl sites for hydroxylation is 1. The van der Waals surface area contributed by atoms with Crippen molar-refractivity contribution in [1.82, 2.24) is 20.6 Å². The highest BCUT2D eigenvalue weighted by atomic mass is 19.1. The van der Waals surface area contributed by atoms with Crippen LogP contribution in [0, 0.1) is 18.6 Å². The summed E-state index contributed by atoms with van der Waals surface area (Å²) in [5.41, 5.74) is 4.17. The zero-order valence-electron chi connectivity index (χ0n) is 23.9. The Hall–Kier alpha value is -5.44. The number of carbonyl (C=O) groups is 2. The van der Waals surface area contributed by atoms with E-state index in [1.165, 1.54) is 31.3 Å². The van der Waals surface area contributed by atoms with Crippen LogP contribution >= 0.6 is 0 Å². The maximum absolute atomic E-state index is 16.4. The third-order valence-electron chi connectivity index (χ3n) is 8.19. The summed E-state index contributed by atoms with van der Waals surface area (Å²) in [6, 6.07) is 21.2. The maximum atomic E-state index is 16.4. The molecule has 3 aromatic carbocycles. The van der Waals surface area contributed by atoms with E-state index >= 15 is 4.39 Å². The van der Waals surface area contributed by atoms with Crippen LogP contribution in [-0.4, -0.2) is 28.8 Å². The van der Waals surface area contributed by atoms with E-state index in [1.807, 2.05) is 31.2 Å². The Labute approximate surface area is 251 Å². The van der Waals surface area contributed by atoms with Crippen molar-refractivity contribution in [3.63, 3.8) is 0 Å². The number of halogens is 2. The van der Waals surface area contributed by atoms with E-state index in [4.69, 9.17) is 9.40 Å². The Morgan fingerprint density at radius 1 is 0.886 bits per heavy atom. The summed E-state index contributed by atoms with van der Waals surface area (Å²) in [7, 11) is 1.44. The van der Waals surface area contributed by atoms with Crippen molar-refractivity contribution in [1.29, 1.82) is 0 Å². The quantitative estimate of drug-likeness (QED) is 0.217. The van der Waals surface area contributed by atoms with Crippen LogP contribution in [0.4, 0.5) is 8.78 Å². The molecule has 1 saturated carbocycles. The summed E-state index contributed by atoms with van der Waals surface area (Å²) >= 11 is 0. The van der Waals surface area contributed by atoms with E-state index in [2.05, 4.69) is 15.6 Å². The summed E-state index contributed by atoms with van der Waals surface area (Å²) in [5.74, 6) is -1.82. The lowest BCUT2D eigenvalue weighted by atomic mass is 9.94. The van der Waals surface area contributed by atoms with Crippen LogP contribution in [0.25, 0.3) is 44.5 Å². The van der Waals surface area contributed by atoms with E-state index in [0.717, 1.165) is 35.1 Å². The van der Waals surface area contributed by atoms with Crippen LogP contribution in [0.5, 0.6) is 0 Å². The molecule has 0 radical (unpaired) electrons. The topological polar surface area (TPSA) is 97.1 Å². The van der Waals surface area contributed by atoms with E-state index in [1.54, 1.807) is 36.5 Å². The first-order chi connectivity index (χ1) is 21.3. The first-order valence-corrected chi connectivity index (χ1v) is 14.2. The minimum atomic E-state index is -0.661. The fourth-order valence-corrected chi connectivity index (χ4v) is 5.64. The number of nitrogens with zero attached hydrogens (tertiary/aromatic N) is 2. The molecule has 0 unspecified atom stereocenters. The van der Waals surface area contributed by atoms with Gasteiger partial charge in [-0.05, 0) is 104 Å². The van der Waals surface area contributed by atoms with Gasteiger partial charge in [-0.15, -0.1) is 0 Å². The van der Waals surface area contributed by atoms with Gasteiger partial charge in [-0.1, -0.05) is 6.07 Å². The molecule has 0 spiro atoms. The lowest BCUT2D eigenvalue weighted by molar-refractivity contribution is 0.0928. The van der Waals surface area contributed by atoms with E-state index in [0.29, 0.717) is 16.7 Å². The number of furan rings is 1. The minimum Gasteiger partial charge on any atom is -0.455 e. The first kappa shape index (κ1) is 27.4. The molecular weight excluding hydrogens is 562 g/mol. The lowest BCUT2D eigenvalue weighted by Crippen LogP contribution is -2.35. The number of rotatable bonds is 6. The number of amides is 2. The van der Waals surface area contributed by atoms with Gasteiger partial charge in [0.2, 0.25) is 0 Å². The van der Waals surface area contributed by atoms with Crippen LogP contribution in [0.15, 0.2) is 89.5 Å². The second-order valence-corrected chi connectivity index (χ2v) is 11.0. The second-order valence-electron chi connectivity index (χ2n) is 11.0. The molecule has 218 valence electrons. The van der Waals surface area contributed by atoms with Gasteiger partial charge in [-0.2, -0.15) is 0 Å². The van der Waals surface area contributed by atoms with Crippen molar-refractivity contribution in [3.8, 4) is 22.5 Å². The molecule has 2 amide bonds. The Kier molecular flexibility index (Phi) is 6.46. The molecule has 3 heterocycles. The summed E-state index contributed by atoms with van der Waals surface area (Å²) in [6.45, 7) is 1.83. The summed E-state index contributed by atoms with van der Waals surface area (Å²) in [4.78, 5) is 35.6. The predicted octanol–water partition coefficient (Wildman–Crippen LogP) is 7.08. The van der Waals surface area contributed by atoms with Gasteiger partial charge < -0.3 is 15.1 Å². The molecule has 7 nitrogen and oxygen atoms in total. The SMILES string of the molecule is CNC(=O)c1c(-c2ccc(F)cc2)oc2ccc(-c3cc(C(=O)NC4(c5ccc6ncccc6n5)CC4)ccc3C)c(F)c12. The van der Waals surface area contributed by atoms with Gasteiger partial charge in [0.15, 0.2) is 0 Å². The van der Waals surface area contributed by atoms with E-state index in [9.17, 15) is 14.0 Å². The molecule has 6 aromatic rings.